The van der Waals surface area contributed by atoms with Crippen molar-refractivity contribution in [2.45, 2.75) is 19.8 Å². The van der Waals surface area contributed by atoms with Crippen LogP contribution >= 0.6 is 0 Å². The van der Waals surface area contributed by atoms with E-state index in [9.17, 15) is 4.79 Å². The molecule has 1 aromatic carbocycles. The molecule has 2 saturated heterocycles. The predicted octanol–water partition coefficient (Wildman–Crippen LogP) is 2.94. The lowest BCUT2D eigenvalue weighted by Gasteiger charge is -2.37. The number of amides is 1. The molecule has 1 aliphatic carbocycles. The maximum absolute atomic E-state index is 12.4. The van der Waals surface area contributed by atoms with Gasteiger partial charge >= 0.3 is 0 Å². The molecular formula is C26H34N6O. The van der Waals surface area contributed by atoms with E-state index in [1.807, 2.05) is 9.58 Å². The largest absolute Gasteiger partial charge is 0.369 e. The van der Waals surface area contributed by atoms with Crippen LogP contribution in [-0.2, 0) is 4.79 Å². The van der Waals surface area contributed by atoms with Crippen molar-refractivity contribution in [3.8, 4) is 11.1 Å². The average Bonchev–Trinajstić information content (AvgIpc) is 3.65. The second-order valence-electron chi connectivity index (χ2n) is 9.14. The zero-order valence-electron chi connectivity index (χ0n) is 19.5. The Balaban J connectivity index is 1.32. The first-order valence-electron chi connectivity index (χ1n) is 12.1. The third-order valence-electron chi connectivity index (χ3n) is 7.03. The number of benzene rings is 1. The van der Waals surface area contributed by atoms with Crippen LogP contribution in [0, 0.1) is 5.92 Å². The van der Waals surface area contributed by atoms with Gasteiger partial charge in [-0.05, 0) is 43.5 Å². The first-order valence-corrected chi connectivity index (χ1v) is 12.1. The summed E-state index contributed by atoms with van der Waals surface area (Å²) in [5, 5.41) is 7.67. The van der Waals surface area contributed by atoms with Crippen molar-refractivity contribution in [2.75, 3.05) is 57.3 Å². The second-order valence-corrected chi connectivity index (χ2v) is 9.14. The summed E-state index contributed by atoms with van der Waals surface area (Å²) in [6.07, 6.45) is 6.33. The Bertz CT molecular complexity index is 1020. The van der Waals surface area contributed by atoms with E-state index in [0.717, 1.165) is 82.2 Å². The summed E-state index contributed by atoms with van der Waals surface area (Å²) >= 11 is 0. The van der Waals surface area contributed by atoms with E-state index in [-0.39, 0.29) is 0 Å². The van der Waals surface area contributed by atoms with Crippen LogP contribution < -0.4 is 10.2 Å². The van der Waals surface area contributed by atoms with Crippen molar-refractivity contribution in [2.24, 2.45) is 11.0 Å². The van der Waals surface area contributed by atoms with Crippen LogP contribution in [-0.4, -0.2) is 79.5 Å². The van der Waals surface area contributed by atoms with Gasteiger partial charge in [-0.2, -0.15) is 5.10 Å². The molecule has 0 spiro atoms. The van der Waals surface area contributed by atoms with E-state index >= 15 is 0 Å². The van der Waals surface area contributed by atoms with Crippen LogP contribution in [0.4, 0.5) is 5.69 Å². The summed E-state index contributed by atoms with van der Waals surface area (Å²) < 4.78 is 1.87. The molecule has 3 fully saturated rings. The van der Waals surface area contributed by atoms with Gasteiger partial charge in [0.25, 0.3) is 0 Å². The number of anilines is 1. The molecule has 7 nitrogen and oxygen atoms in total. The Morgan fingerprint density at radius 2 is 1.67 bits per heavy atom. The molecule has 7 heteroatoms. The molecule has 1 aromatic heterocycles. The number of aromatic nitrogens is 1. The van der Waals surface area contributed by atoms with E-state index in [2.05, 4.69) is 76.5 Å². The summed E-state index contributed by atoms with van der Waals surface area (Å²) in [6, 6.07) is 11.0. The predicted molar refractivity (Wildman–Crippen MR) is 134 cm³/mol. The molecule has 2 aliphatic heterocycles. The van der Waals surface area contributed by atoms with Gasteiger partial charge in [0.1, 0.15) is 0 Å². The molecule has 0 unspecified atom stereocenters. The van der Waals surface area contributed by atoms with E-state index in [4.69, 9.17) is 0 Å². The Morgan fingerprint density at radius 3 is 2.27 bits per heavy atom. The minimum atomic E-state index is 0.292. The van der Waals surface area contributed by atoms with Gasteiger partial charge in [0.15, 0.2) is 0 Å². The molecule has 1 amide bonds. The number of hydrogen-bond acceptors (Lipinski definition) is 5. The third-order valence-corrected chi connectivity index (χ3v) is 7.03. The minimum absolute atomic E-state index is 0.292. The zero-order chi connectivity index (χ0) is 22.8. The highest BCUT2D eigenvalue weighted by Gasteiger charge is 2.35. The summed E-state index contributed by atoms with van der Waals surface area (Å²) in [5.41, 5.74) is 5.76. The molecule has 5 rings (SSSR count). The van der Waals surface area contributed by atoms with Crippen LogP contribution in [0.25, 0.3) is 16.8 Å². The lowest BCUT2D eigenvalue weighted by atomic mass is 10.1. The number of piperazine rings is 2. The molecule has 0 bridgehead atoms. The fraction of sp³-hybridized carbons (Fsp3) is 0.462. The van der Waals surface area contributed by atoms with Crippen LogP contribution in [0.3, 0.4) is 0 Å². The first kappa shape index (κ1) is 21.8. The average molecular weight is 447 g/mol. The SMILES string of the molecule is C=Nn1cc(-c2ccc(N3CCNCC3)cc2)cc1/C(=C\C)N1CCN(C(=O)C2CC2)CC1. The Morgan fingerprint density at radius 1 is 1.00 bits per heavy atom. The number of carbonyl (C=O) groups is 1. The lowest BCUT2D eigenvalue weighted by molar-refractivity contribution is -0.133. The van der Waals surface area contributed by atoms with Crippen LogP contribution in [0.1, 0.15) is 25.5 Å². The second kappa shape index (κ2) is 9.43. The van der Waals surface area contributed by atoms with Crippen LogP contribution in [0.2, 0.25) is 0 Å². The van der Waals surface area contributed by atoms with Gasteiger partial charge in [-0.25, -0.2) is 4.68 Å². The van der Waals surface area contributed by atoms with Gasteiger partial charge in [-0.3, -0.25) is 4.79 Å². The molecule has 174 valence electrons. The first-order chi connectivity index (χ1) is 16.2. The Labute approximate surface area is 196 Å². The van der Waals surface area contributed by atoms with E-state index < -0.39 is 0 Å². The molecule has 0 atom stereocenters. The fourth-order valence-electron chi connectivity index (χ4n) is 4.95. The van der Waals surface area contributed by atoms with Gasteiger partial charge < -0.3 is 20.0 Å². The smallest absolute Gasteiger partial charge is 0.225 e. The van der Waals surface area contributed by atoms with Gasteiger partial charge in [0, 0.05) is 82.4 Å². The lowest BCUT2D eigenvalue weighted by Crippen LogP contribution is -2.48. The summed E-state index contributed by atoms with van der Waals surface area (Å²) in [5.74, 6) is 0.639. The van der Waals surface area contributed by atoms with Crippen LogP contribution in [0.5, 0.6) is 0 Å². The Kier molecular flexibility index (Phi) is 6.22. The number of carbonyl (C=O) groups excluding carboxylic acids is 1. The monoisotopic (exact) mass is 446 g/mol. The van der Waals surface area contributed by atoms with Crippen molar-refractivity contribution >= 4 is 24.0 Å². The van der Waals surface area contributed by atoms with Crippen molar-refractivity contribution in [1.82, 2.24) is 19.8 Å². The summed E-state index contributed by atoms with van der Waals surface area (Å²) in [6.45, 7) is 13.3. The molecule has 1 N–H and O–H groups in total. The molecule has 1 saturated carbocycles. The van der Waals surface area contributed by atoms with Crippen molar-refractivity contribution < 1.29 is 4.79 Å². The summed E-state index contributed by atoms with van der Waals surface area (Å²) in [7, 11) is 0. The van der Waals surface area contributed by atoms with Crippen molar-refractivity contribution in [3.63, 3.8) is 0 Å². The van der Waals surface area contributed by atoms with Crippen LogP contribution in [0.15, 0.2) is 47.7 Å². The Hall–Kier alpha value is -3.06. The highest BCUT2D eigenvalue weighted by molar-refractivity contribution is 5.81. The number of hydrogen-bond donors (Lipinski definition) is 1. The van der Waals surface area contributed by atoms with Gasteiger partial charge in [-0.15, -0.1) is 0 Å². The highest BCUT2D eigenvalue weighted by atomic mass is 16.2. The van der Waals surface area contributed by atoms with Gasteiger partial charge in [-0.1, -0.05) is 18.2 Å². The number of rotatable bonds is 6. The number of nitrogens with zero attached hydrogens (tertiary/aromatic N) is 5. The van der Waals surface area contributed by atoms with Crippen molar-refractivity contribution in [3.05, 3.63) is 48.3 Å². The molecule has 2 aromatic rings. The molecule has 0 radical (unpaired) electrons. The number of nitrogens with one attached hydrogen (secondary N) is 1. The topological polar surface area (TPSA) is 56.1 Å². The quantitative estimate of drug-likeness (QED) is 0.694. The third kappa shape index (κ3) is 4.55. The fourth-order valence-corrected chi connectivity index (χ4v) is 4.95. The minimum Gasteiger partial charge on any atom is -0.369 e. The maximum Gasteiger partial charge on any atom is 0.225 e. The molecule has 33 heavy (non-hydrogen) atoms. The molecular weight excluding hydrogens is 412 g/mol. The normalized spacial score (nSPS) is 19.7. The van der Waals surface area contributed by atoms with E-state index in [0.29, 0.717) is 11.8 Å². The maximum atomic E-state index is 12.4. The summed E-state index contributed by atoms with van der Waals surface area (Å²) in [4.78, 5) is 19.3. The van der Waals surface area contributed by atoms with Gasteiger partial charge in [0.05, 0.1) is 11.4 Å². The standard InChI is InChI=1S/C26H34N6O/c1-3-24(30-14-16-31(17-15-30)26(33)21-4-5-21)25-18-22(19-32(25)27-2)20-6-8-23(9-7-20)29-12-10-28-11-13-29/h3,6-9,18-19,21,28H,2,4-5,10-17H2,1H3/b24-3+. The van der Waals surface area contributed by atoms with E-state index in [1.165, 1.54) is 11.3 Å². The molecule has 3 aliphatic rings. The van der Waals surface area contributed by atoms with E-state index in [1.54, 1.807) is 0 Å². The number of allylic oxidation sites excluding steroid dienone is 1. The van der Waals surface area contributed by atoms with Gasteiger partial charge in [0.2, 0.25) is 5.91 Å². The zero-order valence-corrected chi connectivity index (χ0v) is 19.5. The van der Waals surface area contributed by atoms with Crippen molar-refractivity contribution in [1.29, 1.82) is 0 Å². The highest BCUT2D eigenvalue weighted by Crippen LogP contribution is 2.33. The molecule has 3 heterocycles.